The number of benzene rings is 2. The molecular formula is C21H23F2N5. The summed E-state index contributed by atoms with van der Waals surface area (Å²) in [6, 6.07) is 12.0. The molecule has 0 radical (unpaired) electrons. The highest BCUT2D eigenvalue weighted by atomic mass is 19.1. The maximum atomic E-state index is 13.7. The molecule has 28 heavy (non-hydrogen) atoms. The fourth-order valence-corrected chi connectivity index (χ4v) is 4.52. The minimum Gasteiger partial charge on any atom is -0.342 e. The average molecular weight is 383 g/mol. The van der Waals surface area contributed by atoms with E-state index < -0.39 is 0 Å². The zero-order chi connectivity index (χ0) is 19.1. The number of aromatic amines is 1. The highest BCUT2D eigenvalue weighted by Crippen LogP contribution is 2.33. The standard InChI is InChI=1S/C21H23F2N5/c22-14-3-1-2-13(10-14)21-16-12-28(8-6-17(16)26-27-21)9-7-20-24-18-5-4-15(23)11-19(18)25-20/h1-5,10-11,16-17,21,26-27H,6-9,12H2,(H,24,25). The number of piperidine rings is 1. The van der Waals surface area contributed by atoms with Crippen molar-refractivity contribution in [3.05, 3.63) is 65.5 Å². The molecule has 2 aromatic carbocycles. The van der Waals surface area contributed by atoms with Crippen molar-refractivity contribution in [1.29, 1.82) is 0 Å². The molecule has 3 N–H and O–H groups in total. The predicted molar refractivity (Wildman–Crippen MR) is 104 cm³/mol. The van der Waals surface area contributed by atoms with Gasteiger partial charge in [0, 0.05) is 31.5 Å². The Balaban J connectivity index is 1.25. The summed E-state index contributed by atoms with van der Waals surface area (Å²) in [5, 5.41) is 0. The minimum absolute atomic E-state index is 0.109. The molecule has 0 saturated carbocycles. The summed E-state index contributed by atoms with van der Waals surface area (Å²) in [4.78, 5) is 10.2. The van der Waals surface area contributed by atoms with E-state index in [1.165, 1.54) is 18.2 Å². The molecule has 5 nitrogen and oxygen atoms in total. The van der Waals surface area contributed by atoms with E-state index in [2.05, 4.69) is 25.7 Å². The number of likely N-dealkylation sites (tertiary alicyclic amines) is 1. The summed E-state index contributed by atoms with van der Waals surface area (Å²) >= 11 is 0. The first kappa shape index (κ1) is 17.7. The summed E-state index contributed by atoms with van der Waals surface area (Å²) < 4.78 is 27.0. The number of nitrogens with one attached hydrogen (secondary N) is 3. The Labute approximate surface area is 162 Å². The molecule has 3 aromatic rings. The SMILES string of the molecule is Fc1cccc(C2NNC3CCN(CCc4nc5ccc(F)cc5[nH]4)CC32)c1. The number of imidazole rings is 1. The molecule has 3 unspecified atom stereocenters. The number of hydrogen-bond donors (Lipinski definition) is 3. The van der Waals surface area contributed by atoms with Crippen LogP contribution in [0, 0.1) is 17.6 Å². The molecule has 2 fully saturated rings. The van der Waals surface area contributed by atoms with Crippen LogP contribution >= 0.6 is 0 Å². The molecule has 146 valence electrons. The van der Waals surface area contributed by atoms with Gasteiger partial charge in [0.25, 0.3) is 0 Å². The lowest BCUT2D eigenvalue weighted by molar-refractivity contribution is 0.156. The van der Waals surface area contributed by atoms with Gasteiger partial charge in [0.1, 0.15) is 17.5 Å². The van der Waals surface area contributed by atoms with Crippen molar-refractivity contribution in [1.82, 2.24) is 25.7 Å². The van der Waals surface area contributed by atoms with Gasteiger partial charge in [-0.15, -0.1) is 0 Å². The normalized spacial score (nSPS) is 25.3. The van der Waals surface area contributed by atoms with Crippen molar-refractivity contribution in [2.24, 2.45) is 5.92 Å². The Morgan fingerprint density at radius 1 is 1.07 bits per heavy atom. The number of fused-ring (bicyclic) bond motifs is 2. The maximum Gasteiger partial charge on any atom is 0.125 e. The number of H-pyrrole nitrogens is 1. The van der Waals surface area contributed by atoms with Gasteiger partial charge in [0.05, 0.1) is 17.1 Å². The van der Waals surface area contributed by atoms with Gasteiger partial charge in [0.15, 0.2) is 0 Å². The fourth-order valence-electron chi connectivity index (χ4n) is 4.52. The average Bonchev–Trinajstić information content (AvgIpc) is 3.29. The molecule has 2 aliphatic heterocycles. The number of hydrazine groups is 1. The van der Waals surface area contributed by atoms with Gasteiger partial charge in [-0.25, -0.2) is 19.2 Å². The van der Waals surface area contributed by atoms with Gasteiger partial charge < -0.3 is 9.88 Å². The number of halogens is 2. The zero-order valence-electron chi connectivity index (χ0n) is 15.5. The van der Waals surface area contributed by atoms with Crippen molar-refractivity contribution >= 4 is 11.0 Å². The van der Waals surface area contributed by atoms with Gasteiger partial charge in [-0.1, -0.05) is 12.1 Å². The van der Waals surface area contributed by atoms with E-state index in [0.29, 0.717) is 12.0 Å². The molecule has 0 spiro atoms. The van der Waals surface area contributed by atoms with Gasteiger partial charge in [-0.05, 0) is 48.9 Å². The fraction of sp³-hybridized carbons (Fsp3) is 0.381. The van der Waals surface area contributed by atoms with Crippen LogP contribution in [-0.2, 0) is 6.42 Å². The molecule has 0 bridgehead atoms. The summed E-state index contributed by atoms with van der Waals surface area (Å²) in [6.07, 6.45) is 1.84. The second-order valence-corrected chi connectivity index (χ2v) is 7.78. The molecule has 1 aromatic heterocycles. The molecule has 7 heteroatoms. The Hall–Kier alpha value is -2.35. The monoisotopic (exact) mass is 383 g/mol. The topological polar surface area (TPSA) is 56.0 Å². The Bertz CT molecular complexity index is 988. The highest BCUT2D eigenvalue weighted by molar-refractivity contribution is 5.74. The Kier molecular flexibility index (Phi) is 4.58. The number of nitrogens with zero attached hydrogens (tertiary/aromatic N) is 2. The lowest BCUT2D eigenvalue weighted by Crippen LogP contribution is -2.46. The summed E-state index contributed by atoms with van der Waals surface area (Å²) in [6.45, 7) is 2.85. The molecule has 0 aliphatic carbocycles. The van der Waals surface area contributed by atoms with Gasteiger partial charge >= 0.3 is 0 Å². The summed E-state index contributed by atoms with van der Waals surface area (Å²) in [5.41, 5.74) is 9.28. The van der Waals surface area contributed by atoms with Crippen molar-refractivity contribution in [2.75, 3.05) is 19.6 Å². The van der Waals surface area contributed by atoms with Crippen molar-refractivity contribution in [2.45, 2.75) is 24.9 Å². The lowest BCUT2D eigenvalue weighted by Gasteiger charge is -2.36. The predicted octanol–water partition coefficient (Wildman–Crippen LogP) is 2.92. The Morgan fingerprint density at radius 3 is 2.86 bits per heavy atom. The molecule has 3 heterocycles. The number of hydrogen-bond acceptors (Lipinski definition) is 4. The number of rotatable bonds is 4. The van der Waals surface area contributed by atoms with Crippen LogP contribution in [0.25, 0.3) is 11.0 Å². The van der Waals surface area contributed by atoms with Crippen LogP contribution < -0.4 is 10.9 Å². The summed E-state index contributed by atoms with van der Waals surface area (Å²) in [7, 11) is 0. The molecule has 0 amide bonds. The molecule has 2 saturated heterocycles. The van der Waals surface area contributed by atoms with Crippen LogP contribution in [0.4, 0.5) is 8.78 Å². The third-order valence-electron chi connectivity index (χ3n) is 5.96. The largest absolute Gasteiger partial charge is 0.342 e. The van der Waals surface area contributed by atoms with Crippen LogP contribution in [0.15, 0.2) is 42.5 Å². The van der Waals surface area contributed by atoms with Gasteiger partial charge in [-0.3, -0.25) is 5.43 Å². The lowest BCUT2D eigenvalue weighted by atomic mass is 9.85. The van der Waals surface area contributed by atoms with Gasteiger partial charge in [0.2, 0.25) is 0 Å². The highest BCUT2D eigenvalue weighted by Gasteiger charge is 2.40. The van der Waals surface area contributed by atoms with E-state index in [1.807, 2.05) is 6.07 Å². The van der Waals surface area contributed by atoms with Crippen LogP contribution in [0.1, 0.15) is 23.9 Å². The molecular weight excluding hydrogens is 360 g/mol. The number of aromatic nitrogens is 2. The van der Waals surface area contributed by atoms with E-state index in [1.54, 1.807) is 18.2 Å². The first-order chi connectivity index (χ1) is 13.7. The van der Waals surface area contributed by atoms with Crippen molar-refractivity contribution < 1.29 is 8.78 Å². The third-order valence-corrected chi connectivity index (χ3v) is 5.96. The Morgan fingerprint density at radius 2 is 1.96 bits per heavy atom. The second-order valence-electron chi connectivity index (χ2n) is 7.78. The molecule has 3 atom stereocenters. The zero-order valence-corrected chi connectivity index (χ0v) is 15.5. The smallest absolute Gasteiger partial charge is 0.125 e. The van der Waals surface area contributed by atoms with E-state index in [9.17, 15) is 8.78 Å². The maximum absolute atomic E-state index is 13.7. The molecule has 2 aliphatic rings. The van der Waals surface area contributed by atoms with Gasteiger partial charge in [-0.2, -0.15) is 0 Å². The summed E-state index contributed by atoms with van der Waals surface area (Å²) in [5.74, 6) is 0.818. The first-order valence-electron chi connectivity index (χ1n) is 9.79. The van der Waals surface area contributed by atoms with E-state index >= 15 is 0 Å². The molecule has 5 rings (SSSR count). The quantitative estimate of drug-likeness (QED) is 0.649. The van der Waals surface area contributed by atoms with Crippen LogP contribution in [-0.4, -0.2) is 40.5 Å². The van der Waals surface area contributed by atoms with Crippen LogP contribution in [0.2, 0.25) is 0 Å². The van der Waals surface area contributed by atoms with Crippen molar-refractivity contribution in [3.8, 4) is 0 Å². The van der Waals surface area contributed by atoms with Crippen molar-refractivity contribution in [3.63, 3.8) is 0 Å². The second kappa shape index (κ2) is 7.24. The van der Waals surface area contributed by atoms with E-state index in [4.69, 9.17) is 0 Å². The van der Waals surface area contributed by atoms with Crippen LogP contribution in [0.5, 0.6) is 0 Å². The van der Waals surface area contributed by atoms with E-state index in [0.717, 1.165) is 54.9 Å². The van der Waals surface area contributed by atoms with Crippen LogP contribution in [0.3, 0.4) is 0 Å². The minimum atomic E-state index is -0.255. The van der Waals surface area contributed by atoms with E-state index in [-0.39, 0.29) is 17.7 Å². The first-order valence-corrected chi connectivity index (χ1v) is 9.79. The third kappa shape index (κ3) is 3.41.